The van der Waals surface area contributed by atoms with Crippen LogP contribution < -0.4 is 4.74 Å². The van der Waals surface area contributed by atoms with E-state index in [1.54, 1.807) is 12.1 Å². The van der Waals surface area contributed by atoms with Crippen molar-refractivity contribution in [2.24, 2.45) is 0 Å². The lowest BCUT2D eigenvalue weighted by Crippen LogP contribution is -2.27. The van der Waals surface area contributed by atoms with E-state index in [4.69, 9.17) is 9.47 Å². The summed E-state index contributed by atoms with van der Waals surface area (Å²) in [5, 5.41) is 0.295. The molecule has 0 aliphatic rings. The van der Waals surface area contributed by atoms with Crippen LogP contribution in [0.25, 0.3) is 0 Å². The molecule has 2 nitrogen and oxygen atoms in total. The van der Waals surface area contributed by atoms with Crippen LogP contribution in [0, 0.1) is 5.82 Å². The topological polar surface area (TPSA) is 18.5 Å². The summed E-state index contributed by atoms with van der Waals surface area (Å²) < 4.78 is 24.8. The predicted molar refractivity (Wildman–Crippen MR) is 83.3 cm³/mol. The van der Waals surface area contributed by atoms with Crippen LogP contribution in [0.4, 0.5) is 4.39 Å². The van der Waals surface area contributed by atoms with Crippen LogP contribution in [0.5, 0.6) is 5.75 Å². The van der Waals surface area contributed by atoms with Gasteiger partial charge < -0.3 is 9.47 Å². The van der Waals surface area contributed by atoms with Gasteiger partial charge >= 0.3 is 0 Å². The molecule has 108 valence electrons. The lowest BCUT2D eigenvalue weighted by atomic mass is 10.2. The number of hydrogen-bond acceptors (Lipinski definition) is 2. The molecule has 5 heteroatoms. The number of halogens is 2. The predicted octanol–water partition coefficient (Wildman–Crippen LogP) is 4.25. The Morgan fingerprint density at radius 3 is 2.53 bits per heavy atom. The van der Waals surface area contributed by atoms with Crippen LogP contribution in [0.3, 0.4) is 0 Å². The van der Waals surface area contributed by atoms with E-state index in [1.165, 1.54) is 6.07 Å². The molecule has 0 heterocycles. The molecule has 1 aromatic rings. The molecular formula is C14H22BrFO2Si. The maximum atomic E-state index is 13.2. The van der Waals surface area contributed by atoms with E-state index in [2.05, 4.69) is 42.9 Å². The Morgan fingerprint density at radius 1 is 1.26 bits per heavy atom. The molecule has 0 amide bonds. The molecule has 0 aliphatic carbocycles. The zero-order valence-corrected chi connectivity index (χ0v) is 14.7. The molecule has 0 unspecified atom stereocenters. The molecular weight excluding hydrogens is 327 g/mol. The SMILES string of the molecule is C[SiH](C)C(C)(C)COCCOc1ccc(Br)c(F)c1. The average Bonchev–Trinajstić information content (AvgIpc) is 2.33. The fraction of sp³-hybridized carbons (Fsp3) is 0.571. The van der Waals surface area contributed by atoms with Gasteiger partial charge in [0.25, 0.3) is 0 Å². The lowest BCUT2D eigenvalue weighted by Gasteiger charge is -2.27. The minimum Gasteiger partial charge on any atom is -0.491 e. The summed E-state index contributed by atoms with van der Waals surface area (Å²) in [7, 11) is -0.724. The highest BCUT2D eigenvalue weighted by atomic mass is 79.9. The number of ether oxygens (including phenoxy) is 2. The Bertz CT molecular complexity index is 410. The lowest BCUT2D eigenvalue weighted by molar-refractivity contribution is 0.0846. The largest absolute Gasteiger partial charge is 0.491 e. The standard InChI is InChI=1S/C14H22BrFO2Si/c1-14(2,19(3)4)10-17-7-8-18-11-5-6-12(15)13(16)9-11/h5-6,9,19H,7-8,10H2,1-4H3. The van der Waals surface area contributed by atoms with E-state index in [1.807, 2.05) is 0 Å². The van der Waals surface area contributed by atoms with Crippen molar-refractivity contribution in [3.63, 3.8) is 0 Å². The molecule has 0 N–H and O–H groups in total. The van der Waals surface area contributed by atoms with E-state index in [0.717, 1.165) is 6.61 Å². The molecule has 0 saturated heterocycles. The van der Waals surface area contributed by atoms with E-state index in [9.17, 15) is 4.39 Å². The minimum atomic E-state index is -0.724. The van der Waals surface area contributed by atoms with Crippen molar-refractivity contribution < 1.29 is 13.9 Å². The summed E-state index contributed by atoms with van der Waals surface area (Å²) in [4.78, 5) is 0. The summed E-state index contributed by atoms with van der Waals surface area (Å²) in [6.07, 6.45) is 0. The molecule has 0 aliphatic heterocycles. The molecule has 0 atom stereocenters. The Hall–Kier alpha value is -0.393. The molecule has 1 aromatic carbocycles. The molecule has 1 rings (SSSR count). The van der Waals surface area contributed by atoms with Crippen LogP contribution in [0.15, 0.2) is 22.7 Å². The van der Waals surface area contributed by atoms with E-state index < -0.39 is 8.80 Å². The van der Waals surface area contributed by atoms with E-state index in [-0.39, 0.29) is 5.82 Å². The normalized spacial score (nSPS) is 11.9. The van der Waals surface area contributed by atoms with Gasteiger partial charge in [0.05, 0.1) is 11.1 Å². The molecule has 0 radical (unpaired) electrons. The van der Waals surface area contributed by atoms with Crippen molar-refractivity contribution >= 4 is 24.7 Å². The van der Waals surface area contributed by atoms with Gasteiger partial charge in [-0.05, 0) is 33.1 Å². The Labute approximate surface area is 125 Å². The van der Waals surface area contributed by atoms with Crippen LogP contribution in [0.2, 0.25) is 18.1 Å². The smallest absolute Gasteiger partial charge is 0.141 e. The Kier molecular flexibility index (Phi) is 6.49. The van der Waals surface area contributed by atoms with E-state index in [0.29, 0.717) is 28.5 Å². The van der Waals surface area contributed by atoms with Crippen molar-refractivity contribution in [2.75, 3.05) is 19.8 Å². The van der Waals surface area contributed by atoms with Gasteiger partial charge in [0.1, 0.15) is 18.2 Å². The number of benzene rings is 1. The van der Waals surface area contributed by atoms with Gasteiger partial charge in [-0.3, -0.25) is 0 Å². The van der Waals surface area contributed by atoms with E-state index >= 15 is 0 Å². The summed E-state index contributed by atoms with van der Waals surface area (Å²) in [5.74, 6) is 0.215. The quantitative estimate of drug-likeness (QED) is 0.541. The first kappa shape index (κ1) is 16.7. The first-order chi connectivity index (χ1) is 8.83. The third-order valence-electron chi connectivity index (χ3n) is 3.42. The monoisotopic (exact) mass is 348 g/mol. The summed E-state index contributed by atoms with van der Waals surface area (Å²) in [6.45, 7) is 10.9. The molecule has 0 bridgehead atoms. The van der Waals surface area contributed by atoms with Crippen molar-refractivity contribution in [2.45, 2.75) is 32.0 Å². The van der Waals surface area contributed by atoms with Crippen LogP contribution >= 0.6 is 15.9 Å². The average molecular weight is 349 g/mol. The van der Waals surface area contributed by atoms with Gasteiger partial charge in [0, 0.05) is 21.5 Å². The Balaban J connectivity index is 2.26. The van der Waals surface area contributed by atoms with Crippen LogP contribution in [-0.2, 0) is 4.74 Å². The maximum Gasteiger partial charge on any atom is 0.141 e. The first-order valence-electron chi connectivity index (χ1n) is 6.48. The highest BCUT2D eigenvalue weighted by molar-refractivity contribution is 9.10. The third kappa shape index (κ3) is 5.63. The van der Waals surface area contributed by atoms with Crippen molar-refractivity contribution in [1.29, 1.82) is 0 Å². The van der Waals surface area contributed by atoms with Gasteiger partial charge in [-0.15, -0.1) is 0 Å². The third-order valence-corrected chi connectivity index (χ3v) is 7.36. The summed E-state index contributed by atoms with van der Waals surface area (Å²) in [6, 6.07) is 4.74. The van der Waals surface area contributed by atoms with Gasteiger partial charge in [-0.1, -0.05) is 26.9 Å². The highest BCUT2D eigenvalue weighted by Crippen LogP contribution is 2.28. The second-order valence-corrected chi connectivity index (χ2v) is 10.3. The molecule has 0 saturated carbocycles. The number of hydrogen-bond donors (Lipinski definition) is 0. The summed E-state index contributed by atoms with van der Waals surface area (Å²) >= 11 is 3.11. The van der Waals surface area contributed by atoms with Crippen LogP contribution in [-0.4, -0.2) is 28.6 Å². The first-order valence-corrected chi connectivity index (χ1v) is 10.2. The zero-order valence-electron chi connectivity index (χ0n) is 12.0. The molecule has 0 spiro atoms. The summed E-state index contributed by atoms with van der Waals surface area (Å²) in [5.41, 5.74) is 0. The number of rotatable bonds is 7. The van der Waals surface area contributed by atoms with Gasteiger partial charge in [0.2, 0.25) is 0 Å². The maximum absolute atomic E-state index is 13.2. The van der Waals surface area contributed by atoms with Gasteiger partial charge in [-0.25, -0.2) is 4.39 Å². The Morgan fingerprint density at radius 2 is 1.95 bits per heavy atom. The van der Waals surface area contributed by atoms with Gasteiger partial charge in [0.15, 0.2) is 0 Å². The molecule has 19 heavy (non-hydrogen) atoms. The minimum absolute atomic E-state index is 0.295. The second-order valence-electron chi connectivity index (χ2n) is 5.62. The van der Waals surface area contributed by atoms with Crippen molar-refractivity contribution in [3.8, 4) is 5.75 Å². The second kappa shape index (κ2) is 7.41. The van der Waals surface area contributed by atoms with Gasteiger partial charge in [-0.2, -0.15) is 0 Å². The highest BCUT2D eigenvalue weighted by Gasteiger charge is 2.23. The molecule has 0 fully saturated rings. The fourth-order valence-corrected chi connectivity index (χ4v) is 1.98. The van der Waals surface area contributed by atoms with Crippen molar-refractivity contribution in [3.05, 3.63) is 28.5 Å². The van der Waals surface area contributed by atoms with Crippen LogP contribution in [0.1, 0.15) is 13.8 Å². The van der Waals surface area contributed by atoms with Crippen molar-refractivity contribution in [1.82, 2.24) is 0 Å². The molecule has 0 aromatic heterocycles. The fourth-order valence-electron chi connectivity index (χ4n) is 1.29. The zero-order chi connectivity index (χ0) is 14.5.